The number of hydrogen-bond donors (Lipinski definition) is 1. The van der Waals surface area contributed by atoms with Crippen molar-refractivity contribution in [2.45, 2.75) is 19.0 Å². The zero-order valence-corrected chi connectivity index (χ0v) is 8.24. The lowest BCUT2D eigenvalue weighted by atomic mass is 9.97. The molecule has 1 aromatic rings. The van der Waals surface area contributed by atoms with Crippen molar-refractivity contribution >= 4 is 9.24 Å². The van der Waals surface area contributed by atoms with E-state index in [0.29, 0.717) is 6.04 Å². The fourth-order valence-electron chi connectivity index (χ4n) is 1.69. The number of rotatable bonds is 1. The average Bonchev–Trinajstić information content (AvgIpc) is 2.17. The highest BCUT2D eigenvalue weighted by Crippen LogP contribution is 2.16. The van der Waals surface area contributed by atoms with Gasteiger partial charge in [0.05, 0.1) is 0 Å². The molecule has 0 saturated carbocycles. The Morgan fingerprint density at radius 2 is 2.08 bits per heavy atom. The van der Waals surface area contributed by atoms with Crippen LogP contribution in [0.15, 0.2) is 24.3 Å². The van der Waals surface area contributed by atoms with Gasteiger partial charge >= 0.3 is 0 Å². The Morgan fingerprint density at radius 1 is 1.33 bits per heavy atom. The van der Waals surface area contributed by atoms with E-state index < -0.39 is 0 Å². The first-order valence-corrected chi connectivity index (χ1v) is 5.22. The average molecular weight is 179 g/mol. The van der Waals surface area contributed by atoms with Crippen LogP contribution in [0.25, 0.3) is 0 Å². The molecule has 0 spiro atoms. The van der Waals surface area contributed by atoms with Crippen LogP contribution in [-0.2, 0) is 13.0 Å². The first-order chi connectivity index (χ1) is 5.90. The second kappa shape index (κ2) is 3.55. The third-order valence-electron chi connectivity index (χ3n) is 2.45. The highest BCUT2D eigenvalue weighted by Gasteiger charge is 2.14. The summed E-state index contributed by atoms with van der Waals surface area (Å²) >= 11 is 0. The van der Waals surface area contributed by atoms with Crippen molar-refractivity contribution in [3.05, 3.63) is 35.4 Å². The van der Waals surface area contributed by atoms with Crippen molar-refractivity contribution in [1.82, 2.24) is 5.32 Å². The van der Waals surface area contributed by atoms with Gasteiger partial charge in [-0.05, 0) is 23.7 Å². The van der Waals surface area contributed by atoms with Crippen molar-refractivity contribution in [2.75, 3.05) is 6.16 Å². The van der Waals surface area contributed by atoms with Gasteiger partial charge in [-0.2, -0.15) is 0 Å². The van der Waals surface area contributed by atoms with Gasteiger partial charge in [0, 0.05) is 12.6 Å². The number of benzene rings is 1. The van der Waals surface area contributed by atoms with Gasteiger partial charge < -0.3 is 5.32 Å². The molecule has 2 atom stereocenters. The van der Waals surface area contributed by atoms with Crippen molar-refractivity contribution in [3.63, 3.8) is 0 Å². The number of nitrogens with one attached hydrogen (secondary N) is 1. The molecule has 0 fully saturated rings. The van der Waals surface area contributed by atoms with Crippen LogP contribution in [0.4, 0.5) is 0 Å². The third-order valence-corrected chi connectivity index (χ3v) is 3.02. The second-order valence-electron chi connectivity index (χ2n) is 3.29. The topological polar surface area (TPSA) is 12.0 Å². The Morgan fingerprint density at radius 3 is 2.83 bits per heavy atom. The van der Waals surface area contributed by atoms with E-state index in [1.807, 2.05) is 0 Å². The van der Waals surface area contributed by atoms with E-state index in [2.05, 4.69) is 38.8 Å². The van der Waals surface area contributed by atoms with E-state index in [4.69, 9.17) is 0 Å². The van der Waals surface area contributed by atoms with Crippen molar-refractivity contribution in [2.24, 2.45) is 0 Å². The summed E-state index contributed by atoms with van der Waals surface area (Å²) in [7, 11) is 2.80. The Kier molecular flexibility index (Phi) is 2.43. The van der Waals surface area contributed by atoms with Gasteiger partial charge in [-0.15, -0.1) is 9.24 Å². The first-order valence-electron chi connectivity index (χ1n) is 4.40. The second-order valence-corrected chi connectivity index (χ2v) is 3.76. The quantitative estimate of drug-likeness (QED) is 0.645. The van der Waals surface area contributed by atoms with E-state index in [1.165, 1.54) is 17.5 Å². The molecule has 12 heavy (non-hydrogen) atoms. The minimum atomic E-state index is 0.657. The predicted molar refractivity (Wildman–Crippen MR) is 55.4 cm³/mol. The first kappa shape index (κ1) is 8.22. The van der Waals surface area contributed by atoms with Crippen LogP contribution in [0, 0.1) is 0 Å². The van der Waals surface area contributed by atoms with Crippen LogP contribution in [0.5, 0.6) is 0 Å². The van der Waals surface area contributed by atoms with Gasteiger partial charge in [0.2, 0.25) is 0 Å². The van der Waals surface area contributed by atoms with Crippen LogP contribution in [-0.4, -0.2) is 12.2 Å². The highest BCUT2D eigenvalue weighted by atomic mass is 31.0. The van der Waals surface area contributed by atoms with E-state index in [0.717, 1.165) is 12.7 Å². The third kappa shape index (κ3) is 1.53. The molecule has 1 aromatic carbocycles. The summed E-state index contributed by atoms with van der Waals surface area (Å²) in [5.74, 6) is 0. The molecule has 0 bridgehead atoms. The molecule has 1 N–H and O–H groups in total. The van der Waals surface area contributed by atoms with Gasteiger partial charge in [0.25, 0.3) is 0 Å². The maximum absolute atomic E-state index is 3.50. The minimum absolute atomic E-state index is 0.657. The molecule has 0 aliphatic carbocycles. The lowest BCUT2D eigenvalue weighted by Crippen LogP contribution is -2.36. The summed E-state index contributed by atoms with van der Waals surface area (Å²) in [6.07, 6.45) is 2.33. The molecule has 1 heterocycles. The summed E-state index contributed by atoms with van der Waals surface area (Å²) in [4.78, 5) is 0. The monoisotopic (exact) mass is 179 g/mol. The van der Waals surface area contributed by atoms with E-state index in [9.17, 15) is 0 Å². The Balaban J connectivity index is 2.23. The van der Waals surface area contributed by atoms with Crippen LogP contribution >= 0.6 is 9.24 Å². The molecule has 2 rings (SSSR count). The van der Waals surface area contributed by atoms with Gasteiger partial charge in [-0.3, -0.25) is 0 Å². The molecule has 2 unspecified atom stereocenters. The minimum Gasteiger partial charge on any atom is -0.309 e. The lowest BCUT2D eigenvalue weighted by Gasteiger charge is -2.24. The van der Waals surface area contributed by atoms with Gasteiger partial charge in [-0.25, -0.2) is 0 Å². The molecule has 0 radical (unpaired) electrons. The Hall–Kier alpha value is -0.390. The standard InChI is InChI=1S/C10H14NP/c12-7-10-5-8-3-1-2-4-9(8)6-11-10/h1-4,10-11H,5-7,12H2. The summed E-state index contributed by atoms with van der Waals surface area (Å²) in [6, 6.07) is 9.35. The molecule has 0 saturated heterocycles. The molecule has 64 valence electrons. The largest absolute Gasteiger partial charge is 0.309 e. The molecular formula is C10H14NP. The van der Waals surface area contributed by atoms with Gasteiger partial charge in [0.15, 0.2) is 0 Å². The van der Waals surface area contributed by atoms with Crippen molar-refractivity contribution in [1.29, 1.82) is 0 Å². The van der Waals surface area contributed by atoms with Gasteiger partial charge in [0.1, 0.15) is 0 Å². The fraction of sp³-hybridized carbons (Fsp3) is 0.400. The maximum Gasteiger partial charge on any atom is 0.0211 e. The zero-order chi connectivity index (χ0) is 8.39. The van der Waals surface area contributed by atoms with Crippen LogP contribution in [0.3, 0.4) is 0 Å². The molecule has 1 aliphatic rings. The Labute approximate surface area is 75.8 Å². The zero-order valence-electron chi connectivity index (χ0n) is 7.09. The van der Waals surface area contributed by atoms with Crippen LogP contribution in [0.2, 0.25) is 0 Å². The van der Waals surface area contributed by atoms with Crippen LogP contribution in [0.1, 0.15) is 11.1 Å². The molecular weight excluding hydrogens is 165 g/mol. The predicted octanol–water partition coefficient (Wildman–Crippen LogP) is 1.58. The Bertz CT molecular complexity index is 272. The summed E-state index contributed by atoms with van der Waals surface area (Å²) in [5, 5.41) is 3.50. The summed E-state index contributed by atoms with van der Waals surface area (Å²) in [5.41, 5.74) is 2.98. The normalized spacial score (nSPS) is 21.9. The SMILES string of the molecule is PCC1Cc2ccccc2CN1. The highest BCUT2D eigenvalue weighted by molar-refractivity contribution is 7.16. The molecule has 2 heteroatoms. The van der Waals surface area contributed by atoms with E-state index in [-0.39, 0.29) is 0 Å². The van der Waals surface area contributed by atoms with Gasteiger partial charge in [-0.1, -0.05) is 24.3 Å². The molecule has 0 amide bonds. The molecule has 1 aliphatic heterocycles. The molecule has 0 aromatic heterocycles. The molecule has 1 nitrogen and oxygen atoms in total. The van der Waals surface area contributed by atoms with Crippen molar-refractivity contribution in [3.8, 4) is 0 Å². The fourth-order valence-corrected chi connectivity index (χ4v) is 2.02. The smallest absolute Gasteiger partial charge is 0.0211 e. The summed E-state index contributed by atoms with van der Waals surface area (Å²) in [6.45, 7) is 1.04. The van der Waals surface area contributed by atoms with E-state index >= 15 is 0 Å². The number of fused-ring (bicyclic) bond motifs is 1. The van der Waals surface area contributed by atoms with Crippen LogP contribution < -0.4 is 5.32 Å². The number of hydrogen-bond acceptors (Lipinski definition) is 1. The van der Waals surface area contributed by atoms with Crippen molar-refractivity contribution < 1.29 is 0 Å². The lowest BCUT2D eigenvalue weighted by molar-refractivity contribution is 0.520. The van der Waals surface area contributed by atoms with E-state index in [1.54, 1.807) is 0 Å². The maximum atomic E-state index is 3.50. The summed E-state index contributed by atoms with van der Waals surface area (Å²) < 4.78 is 0.